The lowest BCUT2D eigenvalue weighted by molar-refractivity contribution is -0.127. The normalized spacial score (nSPS) is 18.9. The van der Waals surface area contributed by atoms with Crippen molar-refractivity contribution in [1.82, 2.24) is 14.9 Å². The van der Waals surface area contributed by atoms with Gasteiger partial charge in [0.15, 0.2) is 0 Å². The SMILES string of the molecule is Cn1ccnc1CNC(=O)C1(N)CCCCC1. The molecule has 0 spiro atoms. The smallest absolute Gasteiger partial charge is 0.240 e. The van der Waals surface area contributed by atoms with E-state index in [0.717, 1.165) is 31.5 Å². The van der Waals surface area contributed by atoms with Gasteiger partial charge in [0.25, 0.3) is 0 Å². The van der Waals surface area contributed by atoms with Crippen molar-refractivity contribution in [1.29, 1.82) is 0 Å². The van der Waals surface area contributed by atoms with Crippen molar-refractivity contribution in [2.24, 2.45) is 12.8 Å². The third kappa shape index (κ3) is 2.66. The average molecular weight is 236 g/mol. The maximum atomic E-state index is 12.1. The van der Waals surface area contributed by atoms with Crippen LogP contribution in [0.2, 0.25) is 0 Å². The second-order valence-electron chi connectivity index (χ2n) is 4.85. The first-order valence-corrected chi connectivity index (χ1v) is 6.15. The summed E-state index contributed by atoms with van der Waals surface area (Å²) in [5, 5.41) is 2.89. The second kappa shape index (κ2) is 4.87. The number of aryl methyl sites for hydroxylation is 1. The van der Waals surface area contributed by atoms with Gasteiger partial charge in [0.1, 0.15) is 5.82 Å². The quantitative estimate of drug-likeness (QED) is 0.811. The van der Waals surface area contributed by atoms with Crippen LogP contribution in [0.15, 0.2) is 12.4 Å². The summed E-state index contributed by atoms with van der Waals surface area (Å²) >= 11 is 0. The number of carbonyl (C=O) groups is 1. The van der Waals surface area contributed by atoms with Gasteiger partial charge < -0.3 is 15.6 Å². The van der Waals surface area contributed by atoms with E-state index in [9.17, 15) is 4.79 Å². The molecule has 0 bridgehead atoms. The molecule has 0 atom stereocenters. The highest BCUT2D eigenvalue weighted by Gasteiger charge is 2.34. The Morgan fingerprint density at radius 1 is 1.53 bits per heavy atom. The number of rotatable bonds is 3. The van der Waals surface area contributed by atoms with E-state index in [4.69, 9.17) is 5.73 Å². The van der Waals surface area contributed by atoms with Gasteiger partial charge in [-0.05, 0) is 12.8 Å². The first-order valence-electron chi connectivity index (χ1n) is 6.15. The Morgan fingerprint density at radius 3 is 2.82 bits per heavy atom. The number of nitrogens with two attached hydrogens (primary N) is 1. The Kier molecular flexibility index (Phi) is 3.47. The van der Waals surface area contributed by atoms with E-state index in [1.165, 1.54) is 6.42 Å². The number of imidazole rings is 1. The molecular weight excluding hydrogens is 216 g/mol. The topological polar surface area (TPSA) is 72.9 Å². The fourth-order valence-corrected chi connectivity index (χ4v) is 2.31. The van der Waals surface area contributed by atoms with Crippen molar-refractivity contribution in [2.45, 2.75) is 44.2 Å². The number of nitrogens with one attached hydrogen (secondary N) is 1. The standard InChI is InChI=1S/C12H20N4O/c1-16-8-7-14-10(16)9-15-11(17)12(13)5-3-2-4-6-12/h7-8H,2-6,9,13H2,1H3,(H,15,17). The van der Waals surface area contributed by atoms with Gasteiger partial charge in [0, 0.05) is 19.4 Å². The van der Waals surface area contributed by atoms with Crippen molar-refractivity contribution in [3.63, 3.8) is 0 Å². The molecule has 1 amide bonds. The van der Waals surface area contributed by atoms with Gasteiger partial charge in [-0.25, -0.2) is 4.98 Å². The maximum absolute atomic E-state index is 12.1. The molecule has 1 saturated carbocycles. The van der Waals surface area contributed by atoms with Crippen LogP contribution in [0.1, 0.15) is 37.9 Å². The number of aromatic nitrogens is 2. The Bertz CT molecular complexity index is 393. The van der Waals surface area contributed by atoms with Crippen LogP contribution in [-0.2, 0) is 18.4 Å². The summed E-state index contributed by atoms with van der Waals surface area (Å²) in [7, 11) is 1.91. The minimum atomic E-state index is -0.663. The summed E-state index contributed by atoms with van der Waals surface area (Å²) in [6.45, 7) is 0.446. The molecule has 1 aromatic rings. The third-order valence-electron chi connectivity index (χ3n) is 3.53. The van der Waals surface area contributed by atoms with E-state index in [0.29, 0.717) is 6.54 Å². The molecule has 1 aromatic heterocycles. The maximum Gasteiger partial charge on any atom is 0.240 e. The highest BCUT2D eigenvalue weighted by molar-refractivity contribution is 5.86. The van der Waals surface area contributed by atoms with Crippen LogP contribution in [0.5, 0.6) is 0 Å². The fourth-order valence-electron chi connectivity index (χ4n) is 2.31. The molecule has 5 nitrogen and oxygen atoms in total. The predicted molar refractivity (Wildman–Crippen MR) is 65.1 cm³/mol. The second-order valence-corrected chi connectivity index (χ2v) is 4.85. The summed E-state index contributed by atoms with van der Waals surface area (Å²) in [6, 6.07) is 0. The van der Waals surface area contributed by atoms with Crippen LogP contribution in [0.25, 0.3) is 0 Å². The lowest BCUT2D eigenvalue weighted by Gasteiger charge is -2.31. The molecule has 0 unspecified atom stereocenters. The molecule has 1 aliphatic carbocycles. The minimum absolute atomic E-state index is 0.0415. The Labute approximate surface area is 101 Å². The number of hydrogen-bond acceptors (Lipinski definition) is 3. The Morgan fingerprint density at radius 2 is 2.24 bits per heavy atom. The third-order valence-corrected chi connectivity index (χ3v) is 3.53. The molecular formula is C12H20N4O. The summed E-state index contributed by atoms with van der Waals surface area (Å²) in [5.41, 5.74) is 5.48. The van der Waals surface area contributed by atoms with Crippen molar-refractivity contribution in [3.05, 3.63) is 18.2 Å². The van der Waals surface area contributed by atoms with Crippen LogP contribution in [-0.4, -0.2) is 21.0 Å². The van der Waals surface area contributed by atoms with Crippen LogP contribution in [0.3, 0.4) is 0 Å². The van der Waals surface area contributed by atoms with Crippen molar-refractivity contribution in [2.75, 3.05) is 0 Å². The lowest BCUT2D eigenvalue weighted by Crippen LogP contribution is -2.54. The van der Waals surface area contributed by atoms with Gasteiger partial charge in [0.05, 0.1) is 12.1 Å². The van der Waals surface area contributed by atoms with Gasteiger partial charge in [0.2, 0.25) is 5.91 Å². The number of carbonyl (C=O) groups excluding carboxylic acids is 1. The monoisotopic (exact) mass is 236 g/mol. The van der Waals surface area contributed by atoms with Crippen molar-refractivity contribution in [3.8, 4) is 0 Å². The van der Waals surface area contributed by atoms with Crippen molar-refractivity contribution >= 4 is 5.91 Å². The summed E-state index contributed by atoms with van der Waals surface area (Å²) < 4.78 is 1.89. The number of nitrogens with zero attached hydrogens (tertiary/aromatic N) is 2. The van der Waals surface area contributed by atoms with E-state index in [1.807, 2.05) is 17.8 Å². The largest absolute Gasteiger partial charge is 0.347 e. The van der Waals surface area contributed by atoms with Crippen LogP contribution in [0, 0.1) is 0 Å². The highest BCUT2D eigenvalue weighted by Crippen LogP contribution is 2.25. The fraction of sp³-hybridized carbons (Fsp3) is 0.667. The van der Waals surface area contributed by atoms with E-state index in [-0.39, 0.29) is 5.91 Å². The summed E-state index contributed by atoms with van der Waals surface area (Å²) in [6.07, 6.45) is 8.45. The molecule has 0 aliphatic heterocycles. The van der Waals surface area contributed by atoms with E-state index in [2.05, 4.69) is 10.3 Å². The molecule has 0 aromatic carbocycles. The van der Waals surface area contributed by atoms with E-state index in [1.54, 1.807) is 6.20 Å². The molecule has 17 heavy (non-hydrogen) atoms. The molecule has 0 radical (unpaired) electrons. The summed E-state index contributed by atoms with van der Waals surface area (Å²) in [5.74, 6) is 0.804. The molecule has 5 heteroatoms. The molecule has 1 heterocycles. The van der Waals surface area contributed by atoms with Gasteiger partial charge in [-0.2, -0.15) is 0 Å². The molecule has 94 valence electrons. The number of amides is 1. The Balaban J connectivity index is 1.91. The van der Waals surface area contributed by atoms with Crippen molar-refractivity contribution < 1.29 is 4.79 Å². The zero-order valence-electron chi connectivity index (χ0n) is 10.3. The van der Waals surface area contributed by atoms with Gasteiger partial charge in [-0.3, -0.25) is 4.79 Å². The summed E-state index contributed by atoms with van der Waals surface area (Å²) in [4.78, 5) is 16.2. The molecule has 1 aliphatic rings. The number of hydrogen-bond donors (Lipinski definition) is 2. The Hall–Kier alpha value is -1.36. The molecule has 3 N–H and O–H groups in total. The van der Waals surface area contributed by atoms with Gasteiger partial charge in [-0.1, -0.05) is 19.3 Å². The van der Waals surface area contributed by atoms with E-state index >= 15 is 0 Å². The predicted octanol–water partition coefficient (Wildman–Crippen LogP) is 0.698. The highest BCUT2D eigenvalue weighted by atomic mass is 16.2. The van der Waals surface area contributed by atoms with Crippen LogP contribution in [0.4, 0.5) is 0 Å². The first-order chi connectivity index (χ1) is 8.12. The zero-order chi connectivity index (χ0) is 12.3. The average Bonchev–Trinajstić information content (AvgIpc) is 2.73. The van der Waals surface area contributed by atoms with Crippen LogP contribution >= 0.6 is 0 Å². The van der Waals surface area contributed by atoms with Crippen LogP contribution < -0.4 is 11.1 Å². The molecule has 1 fully saturated rings. The molecule has 0 saturated heterocycles. The minimum Gasteiger partial charge on any atom is -0.347 e. The van der Waals surface area contributed by atoms with E-state index < -0.39 is 5.54 Å². The zero-order valence-corrected chi connectivity index (χ0v) is 10.3. The first kappa shape index (κ1) is 12.1. The van der Waals surface area contributed by atoms with Gasteiger partial charge in [-0.15, -0.1) is 0 Å². The molecule has 2 rings (SSSR count). The van der Waals surface area contributed by atoms with Gasteiger partial charge >= 0.3 is 0 Å². The lowest BCUT2D eigenvalue weighted by atomic mass is 9.82.